The molecular formula is C8H16O2. The number of aliphatic hydroxyl groups excluding tert-OH is 2. The summed E-state index contributed by atoms with van der Waals surface area (Å²) in [4.78, 5) is 0. The van der Waals surface area contributed by atoms with Gasteiger partial charge in [0.15, 0.2) is 0 Å². The van der Waals surface area contributed by atoms with Gasteiger partial charge in [0, 0.05) is 6.61 Å². The van der Waals surface area contributed by atoms with E-state index in [9.17, 15) is 0 Å². The van der Waals surface area contributed by atoms with Crippen molar-refractivity contribution in [3.63, 3.8) is 0 Å². The molecule has 0 aliphatic carbocycles. The Balaban J connectivity index is 2.83. The second kappa shape index (κ2) is 8.66. The molecule has 0 spiro atoms. The van der Waals surface area contributed by atoms with Gasteiger partial charge in [-0.25, -0.2) is 0 Å². The number of hydrogen-bond donors (Lipinski definition) is 2. The van der Waals surface area contributed by atoms with Crippen molar-refractivity contribution in [3.8, 4) is 0 Å². The average Bonchev–Trinajstić information content (AvgIpc) is 1.97. The van der Waals surface area contributed by atoms with Crippen molar-refractivity contribution in [2.24, 2.45) is 0 Å². The highest BCUT2D eigenvalue weighted by atomic mass is 16.3. The van der Waals surface area contributed by atoms with Crippen LogP contribution < -0.4 is 0 Å². The number of allylic oxidation sites excluding steroid dienone is 1. The Morgan fingerprint density at radius 1 is 0.900 bits per heavy atom. The number of rotatable bonds is 6. The third-order valence-corrected chi connectivity index (χ3v) is 1.30. The molecule has 0 bridgehead atoms. The SMILES string of the molecule is OC/C=C/CCCCCO. The van der Waals surface area contributed by atoms with Crippen LogP contribution in [0.4, 0.5) is 0 Å². The van der Waals surface area contributed by atoms with Crippen LogP contribution in [0, 0.1) is 0 Å². The first-order chi connectivity index (χ1) is 4.91. The third-order valence-electron chi connectivity index (χ3n) is 1.30. The Labute approximate surface area is 62.2 Å². The van der Waals surface area contributed by atoms with E-state index >= 15 is 0 Å². The maximum atomic E-state index is 8.41. The predicted molar refractivity (Wildman–Crippen MR) is 41.8 cm³/mol. The van der Waals surface area contributed by atoms with Gasteiger partial charge in [-0.3, -0.25) is 0 Å². The lowest BCUT2D eigenvalue weighted by Gasteiger charge is -1.92. The normalized spacial score (nSPS) is 11.0. The van der Waals surface area contributed by atoms with Gasteiger partial charge in [0.25, 0.3) is 0 Å². The minimum atomic E-state index is 0.139. The van der Waals surface area contributed by atoms with Gasteiger partial charge in [-0.15, -0.1) is 0 Å². The van der Waals surface area contributed by atoms with Crippen molar-refractivity contribution in [2.75, 3.05) is 13.2 Å². The smallest absolute Gasteiger partial charge is 0.0612 e. The highest BCUT2D eigenvalue weighted by Crippen LogP contribution is 1.99. The second-order valence-electron chi connectivity index (χ2n) is 2.23. The topological polar surface area (TPSA) is 40.5 Å². The summed E-state index contributed by atoms with van der Waals surface area (Å²) >= 11 is 0. The zero-order valence-electron chi connectivity index (χ0n) is 6.29. The largest absolute Gasteiger partial charge is 0.396 e. The summed E-state index contributed by atoms with van der Waals surface area (Å²) in [5.74, 6) is 0. The highest BCUT2D eigenvalue weighted by molar-refractivity contribution is 4.80. The molecule has 0 aromatic carbocycles. The fourth-order valence-electron chi connectivity index (χ4n) is 0.743. The molecule has 0 aromatic heterocycles. The minimum Gasteiger partial charge on any atom is -0.396 e. The molecule has 0 saturated heterocycles. The molecule has 0 saturated carbocycles. The molecule has 10 heavy (non-hydrogen) atoms. The van der Waals surface area contributed by atoms with Crippen LogP contribution in [-0.4, -0.2) is 23.4 Å². The molecule has 0 rings (SSSR count). The molecule has 2 nitrogen and oxygen atoms in total. The van der Waals surface area contributed by atoms with Crippen molar-refractivity contribution >= 4 is 0 Å². The summed E-state index contributed by atoms with van der Waals surface area (Å²) in [7, 11) is 0. The molecule has 0 unspecified atom stereocenters. The van der Waals surface area contributed by atoms with E-state index in [-0.39, 0.29) is 6.61 Å². The van der Waals surface area contributed by atoms with Crippen molar-refractivity contribution in [3.05, 3.63) is 12.2 Å². The first-order valence-electron chi connectivity index (χ1n) is 3.78. The Bertz CT molecular complexity index is 79.3. The van der Waals surface area contributed by atoms with E-state index in [1.54, 1.807) is 6.08 Å². The Morgan fingerprint density at radius 2 is 1.70 bits per heavy atom. The summed E-state index contributed by atoms with van der Waals surface area (Å²) in [6.07, 6.45) is 7.81. The van der Waals surface area contributed by atoms with Gasteiger partial charge in [-0.05, 0) is 19.3 Å². The van der Waals surface area contributed by atoms with Crippen molar-refractivity contribution in [2.45, 2.75) is 25.7 Å². The maximum absolute atomic E-state index is 8.41. The fourth-order valence-corrected chi connectivity index (χ4v) is 0.743. The molecule has 0 aromatic rings. The zero-order chi connectivity index (χ0) is 7.66. The van der Waals surface area contributed by atoms with Crippen LogP contribution in [0.25, 0.3) is 0 Å². The lowest BCUT2D eigenvalue weighted by Crippen LogP contribution is -1.81. The predicted octanol–water partition coefficient (Wildman–Crippen LogP) is 1.09. The summed E-state index contributed by atoms with van der Waals surface area (Å²) in [6, 6.07) is 0. The van der Waals surface area contributed by atoms with Crippen LogP contribution in [0.1, 0.15) is 25.7 Å². The van der Waals surface area contributed by atoms with Crippen molar-refractivity contribution in [1.29, 1.82) is 0 Å². The van der Waals surface area contributed by atoms with E-state index < -0.39 is 0 Å². The standard InChI is InChI=1S/C8H16O2/c9-7-5-3-1-2-4-6-8-10/h3,5,9-10H,1-2,4,6-8H2/b5-3+. The summed E-state index contributed by atoms with van der Waals surface area (Å²) < 4.78 is 0. The van der Waals surface area contributed by atoms with Gasteiger partial charge < -0.3 is 10.2 Å². The van der Waals surface area contributed by atoms with Crippen molar-refractivity contribution in [1.82, 2.24) is 0 Å². The van der Waals surface area contributed by atoms with Crippen LogP contribution >= 0.6 is 0 Å². The molecule has 0 heterocycles. The van der Waals surface area contributed by atoms with Crippen LogP contribution in [0.15, 0.2) is 12.2 Å². The van der Waals surface area contributed by atoms with E-state index in [2.05, 4.69) is 0 Å². The van der Waals surface area contributed by atoms with Gasteiger partial charge in [-0.1, -0.05) is 18.6 Å². The molecule has 2 N–H and O–H groups in total. The van der Waals surface area contributed by atoms with E-state index in [0.29, 0.717) is 6.61 Å². The molecule has 0 aliphatic heterocycles. The lowest BCUT2D eigenvalue weighted by atomic mass is 10.2. The lowest BCUT2D eigenvalue weighted by molar-refractivity contribution is 0.283. The minimum absolute atomic E-state index is 0.139. The average molecular weight is 144 g/mol. The van der Waals surface area contributed by atoms with Crippen LogP contribution in [-0.2, 0) is 0 Å². The highest BCUT2D eigenvalue weighted by Gasteiger charge is 1.83. The van der Waals surface area contributed by atoms with Crippen LogP contribution in [0.5, 0.6) is 0 Å². The van der Waals surface area contributed by atoms with E-state index in [1.807, 2.05) is 6.08 Å². The van der Waals surface area contributed by atoms with Crippen molar-refractivity contribution < 1.29 is 10.2 Å². The zero-order valence-corrected chi connectivity index (χ0v) is 6.29. The molecule has 0 amide bonds. The third kappa shape index (κ3) is 7.66. The molecule has 0 fully saturated rings. The number of hydrogen-bond acceptors (Lipinski definition) is 2. The van der Waals surface area contributed by atoms with Gasteiger partial charge in [0.2, 0.25) is 0 Å². The molecular weight excluding hydrogens is 128 g/mol. The Hall–Kier alpha value is -0.340. The summed E-state index contributed by atoms with van der Waals surface area (Å²) in [5, 5.41) is 16.8. The summed E-state index contributed by atoms with van der Waals surface area (Å²) in [5.41, 5.74) is 0. The Kier molecular flexibility index (Phi) is 8.37. The van der Waals surface area contributed by atoms with Gasteiger partial charge in [0.1, 0.15) is 0 Å². The summed E-state index contributed by atoms with van der Waals surface area (Å²) in [6.45, 7) is 0.434. The van der Waals surface area contributed by atoms with Gasteiger partial charge in [-0.2, -0.15) is 0 Å². The molecule has 0 radical (unpaired) electrons. The second-order valence-corrected chi connectivity index (χ2v) is 2.23. The van der Waals surface area contributed by atoms with E-state index in [0.717, 1.165) is 25.7 Å². The van der Waals surface area contributed by atoms with Gasteiger partial charge >= 0.3 is 0 Å². The first-order valence-corrected chi connectivity index (χ1v) is 3.78. The molecule has 60 valence electrons. The monoisotopic (exact) mass is 144 g/mol. The van der Waals surface area contributed by atoms with E-state index in [4.69, 9.17) is 10.2 Å². The molecule has 0 aliphatic rings. The van der Waals surface area contributed by atoms with Crippen LogP contribution in [0.3, 0.4) is 0 Å². The van der Waals surface area contributed by atoms with Crippen LogP contribution in [0.2, 0.25) is 0 Å². The number of unbranched alkanes of at least 4 members (excludes halogenated alkanes) is 3. The molecule has 0 atom stereocenters. The van der Waals surface area contributed by atoms with Gasteiger partial charge in [0.05, 0.1) is 6.61 Å². The van der Waals surface area contributed by atoms with E-state index in [1.165, 1.54) is 0 Å². The first kappa shape index (κ1) is 9.66. The quantitative estimate of drug-likeness (QED) is 0.432. The Morgan fingerprint density at radius 3 is 2.30 bits per heavy atom. The molecule has 2 heteroatoms. The fraction of sp³-hybridized carbons (Fsp3) is 0.750. The number of aliphatic hydroxyl groups is 2. The maximum Gasteiger partial charge on any atom is 0.0612 e.